The molecule has 3 rings (SSSR count). The molecule has 7 nitrogen and oxygen atoms in total. The summed E-state index contributed by atoms with van der Waals surface area (Å²) in [5, 5.41) is 0. The highest BCUT2D eigenvalue weighted by atomic mass is 16.5. The maximum absolute atomic E-state index is 12.9. The molecule has 0 N–H and O–H groups in total. The van der Waals surface area contributed by atoms with E-state index in [-0.39, 0.29) is 29.1 Å². The molecule has 0 aliphatic heterocycles. The Morgan fingerprint density at radius 3 is 2.10 bits per heavy atom. The molecule has 0 unspecified atom stereocenters. The zero-order valence-corrected chi connectivity index (χ0v) is 17.7. The average molecular weight is 422 g/mol. The molecule has 7 heteroatoms. The van der Waals surface area contributed by atoms with Crippen LogP contribution < -0.4 is 9.47 Å². The number of ketones is 2. The molecule has 0 aromatic heterocycles. The standard InChI is InChI=1S/C24H22O7/c1-14-18(21(26)23(30-4)22(29-3)20(14)25)12-16-10-11-17(13-19(16)28-2)31-24(27)15-8-6-5-7-9-15/h5-11,13H,12H2,1-4H3. The molecular weight excluding hydrogens is 400 g/mol. The van der Waals surface area contributed by atoms with Crippen molar-refractivity contribution in [2.75, 3.05) is 21.3 Å². The maximum Gasteiger partial charge on any atom is 0.343 e. The Morgan fingerprint density at radius 1 is 0.839 bits per heavy atom. The second-order valence-corrected chi connectivity index (χ2v) is 6.73. The molecule has 0 amide bonds. The van der Waals surface area contributed by atoms with Crippen molar-refractivity contribution in [1.82, 2.24) is 0 Å². The van der Waals surface area contributed by atoms with Gasteiger partial charge in [0.1, 0.15) is 11.5 Å². The first-order chi connectivity index (χ1) is 14.9. The molecule has 0 atom stereocenters. The fraction of sp³-hybridized carbons (Fsp3) is 0.208. The molecule has 0 saturated carbocycles. The lowest BCUT2D eigenvalue weighted by molar-refractivity contribution is -0.121. The lowest BCUT2D eigenvalue weighted by Crippen LogP contribution is -2.26. The van der Waals surface area contributed by atoms with Crippen molar-refractivity contribution in [3.05, 3.63) is 82.3 Å². The summed E-state index contributed by atoms with van der Waals surface area (Å²) in [6.45, 7) is 1.57. The number of hydrogen-bond acceptors (Lipinski definition) is 7. The lowest BCUT2D eigenvalue weighted by atomic mass is 9.88. The molecule has 0 spiro atoms. The van der Waals surface area contributed by atoms with E-state index in [4.69, 9.17) is 18.9 Å². The molecule has 1 aliphatic rings. The molecule has 0 saturated heterocycles. The van der Waals surface area contributed by atoms with E-state index in [9.17, 15) is 14.4 Å². The zero-order chi connectivity index (χ0) is 22.5. The number of esters is 1. The zero-order valence-electron chi connectivity index (χ0n) is 17.7. The van der Waals surface area contributed by atoms with Crippen LogP contribution in [0.25, 0.3) is 0 Å². The number of carbonyl (C=O) groups is 3. The SMILES string of the molecule is COC1=C(OC)C(=O)C(Cc2ccc(OC(=O)c3ccccc3)cc2OC)=C(C)C1=O. The number of methoxy groups -OCH3 is 3. The highest BCUT2D eigenvalue weighted by molar-refractivity contribution is 6.23. The van der Waals surface area contributed by atoms with E-state index in [0.29, 0.717) is 22.6 Å². The Hall–Kier alpha value is -3.87. The monoisotopic (exact) mass is 422 g/mol. The van der Waals surface area contributed by atoms with Crippen LogP contribution in [0, 0.1) is 0 Å². The van der Waals surface area contributed by atoms with E-state index in [2.05, 4.69) is 0 Å². The minimum absolute atomic E-state index is 0.108. The van der Waals surface area contributed by atoms with Crippen molar-refractivity contribution in [2.24, 2.45) is 0 Å². The van der Waals surface area contributed by atoms with E-state index in [0.717, 1.165) is 0 Å². The summed E-state index contributed by atoms with van der Waals surface area (Å²) in [6.07, 6.45) is 0.135. The van der Waals surface area contributed by atoms with Crippen molar-refractivity contribution in [3.8, 4) is 11.5 Å². The van der Waals surface area contributed by atoms with Crippen molar-refractivity contribution in [1.29, 1.82) is 0 Å². The first-order valence-corrected chi connectivity index (χ1v) is 9.46. The van der Waals surface area contributed by atoms with Crippen LogP contribution in [0.5, 0.6) is 11.5 Å². The molecule has 160 valence electrons. The fourth-order valence-corrected chi connectivity index (χ4v) is 3.27. The Kier molecular flexibility index (Phi) is 6.55. The van der Waals surface area contributed by atoms with Gasteiger partial charge in [-0.05, 0) is 30.7 Å². The highest BCUT2D eigenvalue weighted by Crippen LogP contribution is 2.32. The average Bonchev–Trinajstić information content (AvgIpc) is 2.80. The van der Waals surface area contributed by atoms with Crippen LogP contribution in [0.15, 0.2) is 71.2 Å². The van der Waals surface area contributed by atoms with Gasteiger partial charge in [-0.3, -0.25) is 9.59 Å². The fourth-order valence-electron chi connectivity index (χ4n) is 3.27. The van der Waals surface area contributed by atoms with Gasteiger partial charge in [-0.25, -0.2) is 4.79 Å². The molecule has 0 bridgehead atoms. The van der Waals surface area contributed by atoms with Gasteiger partial charge in [0, 0.05) is 23.6 Å². The van der Waals surface area contributed by atoms with Crippen molar-refractivity contribution in [3.63, 3.8) is 0 Å². The lowest BCUT2D eigenvalue weighted by Gasteiger charge is -2.21. The largest absolute Gasteiger partial charge is 0.496 e. The predicted octanol–water partition coefficient (Wildman–Crippen LogP) is 3.43. The van der Waals surface area contributed by atoms with Crippen LogP contribution in [0.3, 0.4) is 0 Å². The number of allylic oxidation sites excluding steroid dienone is 2. The number of Topliss-reactive ketones (excluding diaryl/α,β-unsaturated/α-hetero) is 2. The van der Waals surface area contributed by atoms with Gasteiger partial charge in [0.05, 0.1) is 26.9 Å². The van der Waals surface area contributed by atoms with Gasteiger partial charge >= 0.3 is 5.97 Å². The first kappa shape index (κ1) is 21.8. The van der Waals surface area contributed by atoms with Crippen LogP contribution in [-0.2, 0) is 25.5 Å². The number of carbonyl (C=O) groups excluding carboxylic acids is 3. The molecule has 1 aliphatic carbocycles. The van der Waals surface area contributed by atoms with Gasteiger partial charge in [-0.2, -0.15) is 0 Å². The smallest absolute Gasteiger partial charge is 0.343 e. The van der Waals surface area contributed by atoms with Gasteiger partial charge in [0.2, 0.25) is 23.1 Å². The Balaban J connectivity index is 1.87. The Morgan fingerprint density at radius 2 is 1.48 bits per heavy atom. The summed E-state index contributed by atoms with van der Waals surface area (Å²) in [7, 11) is 4.10. The quantitative estimate of drug-likeness (QED) is 0.384. The summed E-state index contributed by atoms with van der Waals surface area (Å²) in [5.41, 5.74) is 1.64. The van der Waals surface area contributed by atoms with E-state index in [1.807, 2.05) is 6.07 Å². The third-order valence-electron chi connectivity index (χ3n) is 4.94. The minimum Gasteiger partial charge on any atom is -0.496 e. The normalized spacial score (nSPS) is 13.9. The molecule has 0 fully saturated rings. The van der Waals surface area contributed by atoms with Crippen molar-refractivity contribution in [2.45, 2.75) is 13.3 Å². The summed E-state index contributed by atoms with van der Waals surface area (Å²) >= 11 is 0. The van der Waals surface area contributed by atoms with E-state index in [1.54, 1.807) is 49.4 Å². The van der Waals surface area contributed by atoms with Gasteiger partial charge in [0.15, 0.2) is 0 Å². The Bertz CT molecular complexity index is 1090. The number of rotatable bonds is 7. The van der Waals surface area contributed by atoms with Crippen LogP contribution in [0.1, 0.15) is 22.8 Å². The molecular formula is C24H22O7. The summed E-state index contributed by atoms with van der Waals surface area (Å²) in [4.78, 5) is 37.7. The summed E-state index contributed by atoms with van der Waals surface area (Å²) in [6, 6.07) is 13.5. The van der Waals surface area contributed by atoms with Crippen LogP contribution >= 0.6 is 0 Å². The van der Waals surface area contributed by atoms with Gasteiger partial charge in [-0.15, -0.1) is 0 Å². The number of hydrogen-bond donors (Lipinski definition) is 0. The Labute approximate surface area is 179 Å². The van der Waals surface area contributed by atoms with Crippen LogP contribution in [0.2, 0.25) is 0 Å². The van der Waals surface area contributed by atoms with E-state index < -0.39 is 17.5 Å². The van der Waals surface area contributed by atoms with E-state index >= 15 is 0 Å². The molecule has 2 aromatic carbocycles. The third-order valence-corrected chi connectivity index (χ3v) is 4.94. The summed E-state index contributed by atoms with van der Waals surface area (Å²) in [5.74, 6) is -0.836. The van der Waals surface area contributed by atoms with Crippen LogP contribution in [-0.4, -0.2) is 38.9 Å². The topological polar surface area (TPSA) is 88.1 Å². The van der Waals surface area contributed by atoms with Crippen molar-refractivity contribution >= 4 is 17.5 Å². The van der Waals surface area contributed by atoms with Gasteiger partial charge in [0.25, 0.3) is 0 Å². The summed E-state index contributed by atoms with van der Waals surface area (Å²) < 4.78 is 21.0. The molecule has 0 radical (unpaired) electrons. The van der Waals surface area contributed by atoms with Crippen LogP contribution in [0.4, 0.5) is 0 Å². The second kappa shape index (κ2) is 9.30. The highest BCUT2D eigenvalue weighted by Gasteiger charge is 2.35. The van der Waals surface area contributed by atoms with E-state index in [1.165, 1.54) is 21.3 Å². The molecule has 0 heterocycles. The second-order valence-electron chi connectivity index (χ2n) is 6.73. The minimum atomic E-state index is -0.496. The third kappa shape index (κ3) is 4.35. The van der Waals surface area contributed by atoms with Gasteiger partial charge < -0.3 is 18.9 Å². The molecule has 2 aromatic rings. The maximum atomic E-state index is 12.9. The number of ether oxygens (including phenoxy) is 4. The molecule has 31 heavy (non-hydrogen) atoms. The number of benzene rings is 2. The predicted molar refractivity (Wildman–Crippen MR) is 112 cm³/mol. The van der Waals surface area contributed by atoms with Gasteiger partial charge in [-0.1, -0.05) is 24.3 Å². The van der Waals surface area contributed by atoms with Crippen molar-refractivity contribution < 1.29 is 33.3 Å². The first-order valence-electron chi connectivity index (χ1n) is 9.46.